The topological polar surface area (TPSA) is 89.8 Å². The molecule has 34 heavy (non-hydrogen) atoms. The fourth-order valence-corrected chi connectivity index (χ4v) is 5.54. The molecule has 10 heteroatoms. The van der Waals surface area contributed by atoms with Gasteiger partial charge in [0.2, 0.25) is 11.8 Å². The van der Waals surface area contributed by atoms with E-state index in [2.05, 4.69) is 44.1 Å². The minimum Gasteiger partial charge on any atom is -0.508 e. The Bertz CT molecular complexity index is 935. The lowest BCUT2D eigenvalue weighted by Gasteiger charge is -2.36. The molecule has 2 saturated heterocycles. The van der Waals surface area contributed by atoms with Gasteiger partial charge in [0, 0.05) is 81.7 Å². The number of piperazine rings is 1. The molecule has 0 saturated carbocycles. The maximum Gasteiger partial charge on any atom is 0.289 e. The molecule has 0 aliphatic carbocycles. The molecule has 9 nitrogen and oxygen atoms in total. The van der Waals surface area contributed by atoms with Crippen LogP contribution in [0.3, 0.4) is 0 Å². The Labute approximate surface area is 206 Å². The van der Waals surface area contributed by atoms with Gasteiger partial charge in [0.1, 0.15) is 5.75 Å². The van der Waals surface area contributed by atoms with E-state index in [4.69, 9.17) is 0 Å². The van der Waals surface area contributed by atoms with Gasteiger partial charge in [-0.25, -0.2) is 0 Å². The zero-order valence-electron chi connectivity index (χ0n) is 20.3. The predicted octanol–water partition coefficient (Wildman–Crippen LogP) is 2.28. The second kappa shape index (κ2) is 11.8. The Morgan fingerprint density at radius 2 is 1.74 bits per heavy atom. The van der Waals surface area contributed by atoms with Crippen LogP contribution in [0.4, 0.5) is 11.6 Å². The molecule has 2 aliphatic heterocycles. The molecule has 0 bridgehead atoms. The van der Waals surface area contributed by atoms with Gasteiger partial charge in [-0.05, 0) is 25.0 Å². The number of aromatic nitrogens is 3. The fourth-order valence-electron chi connectivity index (χ4n) is 4.57. The molecular formula is C24H37N7O2S. The molecule has 1 aromatic heterocycles. The van der Waals surface area contributed by atoms with Crippen LogP contribution in [0.15, 0.2) is 24.3 Å². The Kier molecular flexibility index (Phi) is 8.55. The molecule has 4 rings (SSSR count). The van der Waals surface area contributed by atoms with E-state index in [-0.39, 0.29) is 17.7 Å². The summed E-state index contributed by atoms with van der Waals surface area (Å²) in [6.45, 7) is 11.1. The fraction of sp³-hybridized carbons (Fsp3) is 0.625. The summed E-state index contributed by atoms with van der Waals surface area (Å²) in [5, 5.41) is 21.8. The number of benzene rings is 1. The predicted molar refractivity (Wildman–Crippen MR) is 138 cm³/mol. The van der Waals surface area contributed by atoms with Crippen molar-refractivity contribution in [2.75, 3.05) is 67.1 Å². The molecule has 2 aromatic rings. The van der Waals surface area contributed by atoms with Crippen molar-refractivity contribution in [2.24, 2.45) is 0 Å². The Morgan fingerprint density at radius 3 is 2.41 bits per heavy atom. The average Bonchev–Trinajstić information content (AvgIpc) is 3.30. The van der Waals surface area contributed by atoms with Gasteiger partial charge in [-0.3, -0.25) is 14.3 Å². The summed E-state index contributed by atoms with van der Waals surface area (Å²) in [4.78, 5) is 20.1. The number of hydrogen-bond donors (Lipinski definition) is 2. The maximum absolute atomic E-state index is 13.1. The summed E-state index contributed by atoms with van der Waals surface area (Å²) >= 11 is 2.00. The highest BCUT2D eigenvalue weighted by atomic mass is 32.2. The first-order chi connectivity index (χ1) is 16.6. The number of rotatable bonds is 9. The smallest absolute Gasteiger partial charge is 0.289 e. The van der Waals surface area contributed by atoms with Crippen molar-refractivity contribution < 1.29 is 9.90 Å². The zero-order chi connectivity index (χ0) is 23.9. The van der Waals surface area contributed by atoms with Crippen LogP contribution in [0.25, 0.3) is 0 Å². The number of carbonyl (C=O) groups excluding carboxylic acids is 1. The Morgan fingerprint density at radius 1 is 1.03 bits per heavy atom. The summed E-state index contributed by atoms with van der Waals surface area (Å²) in [5.74, 6) is 3.64. The first kappa shape index (κ1) is 24.7. The number of phenolic OH excluding ortho intramolecular Hbond substituents is 1. The van der Waals surface area contributed by atoms with E-state index in [0.29, 0.717) is 12.4 Å². The third-order valence-electron chi connectivity index (χ3n) is 6.76. The van der Waals surface area contributed by atoms with Crippen LogP contribution in [0, 0.1) is 0 Å². The number of nitrogens with zero attached hydrogens (tertiary/aromatic N) is 6. The van der Waals surface area contributed by atoms with Crippen molar-refractivity contribution in [3.63, 3.8) is 0 Å². The van der Waals surface area contributed by atoms with Crippen LogP contribution in [-0.2, 0) is 6.54 Å². The second-order valence-corrected chi connectivity index (χ2v) is 10.1. The SMILES string of the molecule is CCC(CC)NC(=O)c1nnc(N2CCN(c3cccc(O)c3)CC2)n1CCN1CCSCC1. The molecule has 1 amide bonds. The molecule has 2 fully saturated rings. The first-order valence-electron chi connectivity index (χ1n) is 12.4. The Hall–Kier alpha value is -2.46. The number of nitrogens with one attached hydrogen (secondary N) is 1. The molecule has 0 radical (unpaired) electrons. The van der Waals surface area contributed by atoms with Gasteiger partial charge < -0.3 is 20.2 Å². The van der Waals surface area contributed by atoms with Crippen molar-refractivity contribution in [3.8, 4) is 5.75 Å². The van der Waals surface area contributed by atoms with E-state index >= 15 is 0 Å². The summed E-state index contributed by atoms with van der Waals surface area (Å²) in [5.41, 5.74) is 1.02. The normalized spacial score (nSPS) is 17.4. The third-order valence-corrected chi connectivity index (χ3v) is 7.70. The van der Waals surface area contributed by atoms with Gasteiger partial charge in [-0.15, -0.1) is 10.2 Å². The van der Waals surface area contributed by atoms with Gasteiger partial charge >= 0.3 is 0 Å². The second-order valence-electron chi connectivity index (χ2n) is 8.91. The number of hydrogen-bond acceptors (Lipinski definition) is 8. The minimum absolute atomic E-state index is 0.139. The molecular weight excluding hydrogens is 450 g/mol. The highest BCUT2D eigenvalue weighted by Gasteiger charge is 2.27. The number of phenols is 1. The van der Waals surface area contributed by atoms with Crippen LogP contribution in [0.1, 0.15) is 37.3 Å². The van der Waals surface area contributed by atoms with Gasteiger partial charge in [-0.2, -0.15) is 11.8 Å². The summed E-state index contributed by atoms with van der Waals surface area (Å²) in [6, 6.07) is 7.53. The standard InChI is InChI=1S/C24H37N7O2S/c1-3-19(4-2)25-23(33)22-26-27-24(31(22)13-8-28-14-16-34-17-15-28)30-11-9-29(10-12-30)20-6-5-7-21(32)18-20/h5-7,18-19,32H,3-4,8-17H2,1-2H3,(H,25,33). The van der Waals surface area contributed by atoms with Gasteiger partial charge in [0.25, 0.3) is 5.91 Å². The number of aromatic hydroxyl groups is 1. The molecule has 3 heterocycles. The number of amides is 1. The number of anilines is 2. The molecule has 186 valence electrons. The lowest BCUT2D eigenvalue weighted by molar-refractivity contribution is 0.0918. The van der Waals surface area contributed by atoms with Crippen LogP contribution < -0.4 is 15.1 Å². The van der Waals surface area contributed by atoms with E-state index in [0.717, 1.165) is 81.8 Å². The zero-order valence-corrected chi connectivity index (χ0v) is 21.1. The van der Waals surface area contributed by atoms with Crippen molar-refractivity contribution in [2.45, 2.75) is 39.3 Å². The monoisotopic (exact) mass is 487 g/mol. The highest BCUT2D eigenvalue weighted by Crippen LogP contribution is 2.23. The average molecular weight is 488 g/mol. The molecule has 0 spiro atoms. The molecule has 2 aliphatic rings. The van der Waals surface area contributed by atoms with Crippen LogP contribution in [0.2, 0.25) is 0 Å². The van der Waals surface area contributed by atoms with E-state index in [1.807, 2.05) is 28.5 Å². The number of carbonyl (C=O) groups is 1. The number of thioether (sulfide) groups is 1. The van der Waals surface area contributed by atoms with Gasteiger partial charge in [-0.1, -0.05) is 19.9 Å². The summed E-state index contributed by atoms with van der Waals surface area (Å²) in [7, 11) is 0. The highest BCUT2D eigenvalue weighted by molar-refractivity contribution is 7.99. The van der Waals surface area contributed by atoms with E-state index in [1.165, 1.54) is 0 Å². The maximum atomic E-state index is 13.1. The molecule has 1 aromatic carbocycles. The van der Waals surface area contributed by atoms with E-state index in [9.17, 15) is 9.90 Å². The van der Waals surface area contributed by atoms with Gasteiger partial charge in [0.15, 0.2) is 0 Å². The van der Waals surface area contributed by atoms with Crippen molar-refractivity contribution in [1.29, 1.82) is 0 Å². The van der Waals surface area contributed by atoms with E-state index < -0.39 is 0 Å². The van der Waals surface area contributed by atoms with Crippen molar-refractivity contribution in [1.82, 2.24) is 25.0 Å². The lowest BCUT2D eigenvalue weighted by atomic mass is 10.2. The quantitative estimate of drug-likeness (QED) is 0.557. The molecule has 0 unspecified atom stereocenters. The largest absolute Gasteiger partial charge is 0.508 e. The van der Waals surface area contributed by atoms with Crippen LogP contribution >= 0.6 is 11.8 Å². The van der Waals surface area contributed by atoms with Gasteiger partial charge in [0.05, 0.1) is 0 Å². The summed E-state index contributed by atoms with van der Waals surface area (Å²) in [6.07, 6.45) is 1.79. The van der Waals surface area contributed by atoms with Crippen LogP contribution in [0.5, 0.6) is 5.75 Å². The third kappa shape index (κ3) is 5.96. The minimum atomic E-state index is -0.139. The van der Waals surface area contributed by atoms with Crippen LogP contribution in [-0.4, -0.2) is 94.0 Å². The molecule has 2 N–H and O–H groups in total. The van der Waals surface area contributed by atoms with Crippen molar-refractivity contribution in [3.05, 3.63) is 30.1 Å². The van der Waals surface area contributed by atoms with Crippen molar-refractivity contribution >= 4 is 29.3 Å². The summed E-state index contributed by atoms with van der Waals surface area (Å²) < 4.78 is 2.02. The first-order valence-corrected chi connectivity index (χ1v) is 13.6. The Balaban J connectivity index is 1.49. The lowest BCUT2D eigenvalue weighted by Crippen LogP contribution is -2.47. The van der Waals surface area contributed by atoms with E-state index in [1.54, 1.807) is 12.1 Å². The molecule has 0 atom stereocenters.